The normalized spacial score (nSPS) is 10.6. The van der Waals surface area contributed by atoms with Crippen LogP contribution >= 0.6 is 11.3 Å². The highest BCUT2D eigenvalue weighted by Gasteiger charge is 2.27. The van der Waals surface area contributed by atoms with Crippen LogP contribution in [0.15, 0.2) is 48.8 Å². The van der Waals surface area contributed by atoms with E-state index in [1.807, 2.05) is 0 Å². The van der Waals surface area contributed by atoms with Gasteiger partial charge in [-0.05, 0) is 35.4 Å². The van der Waals surface area contributed by atoms with Gasteiger partial charge in [-0.1, -0.05) is 12.1 Å². The van der Waals surface area contributed by atoms with Gasteiger partial charge in [-0.2, -0.15) is 0 Å². The molecule has 2 heterocycles. The summed E-state index contributed by atoms with van der Waals surface area (Å²) in [4.78, 5) is 15.4. The minimum absolute atomic E-state index is 0.121. The predicted octanol–water partition coefficient (Wildman–Crippen LogP) is 4.11. The number of anilines is 1. The number of nitrogens with two attached hydrogens (primary N) is 1. The first-order valence-electron chi connectivity index (χ1n) is 6.31. The fraction of sp³-hybridized carbons (Fsp3) is 0. The van der Waals surface area contributed by atoms with Crippen molar-refractivity contribution in [3.8, 4) is 21.6 Å². The highest BCUT2D eigenvalue weighted by molar-refractivity contribution is 7.20. The Bertz CT molecular complexity index is 832. The molecule has 0 unspecified atom stereocenters. The van der Waals surface area contributed by atoms with E-state index in [0.717, 1.165) is 11.3 Å². The molecule has 2 N–H and O–H groups in total. The third-order valence-electron chi connectivity index (χ3n) is 3.17. The standard InChI is InChI=1S/C15H10FN3O2S/c16-11-3-1-10(2-4-11)14-12(9-5-7-18-8-6-9)13(19(20)21)15(17)22-14/h1-8H,17H2. The maximum absolute atomic E-state index is 13.1. The Morgan fingerprint density at radius 3 is 2.32 bits per heavy atom. The van der Waals surface area contributed by atoms with Crippen molar-refractivity contribution in [2.24, 2.45) is 0 Å². The lowest BCUT2D eigenvalue weighted by molar-refractivity contribution is -0.382. The van der Waals surface area contributed by atoms with Crippen LogP contribution in [0.5, 0.6) is 0 Å². The van der Waals surface area contributed by atoms with Gasteiger partial charge in [0.1, 0.15) is 5.82 Å². The molecule has 5 nitrogen and oxygen atoms in total. The number of nitro groups is 1. The number of aromatic nitrogens is 1. The van der Waals surface area contributed by atoms with Gasteiger partial charge in [-0.3, -0.25) is 15.1 Å². The molecule has 22 heavy (non-hydrogen) atoms. The molecule has 0 aliphatic rings. The van der Waals surface area contributed by atoms with Crippen molar-refractivity contribution < 1.29 is 9.31 Å². The molecule has 0 saturated carbocycles. The van der Waals surface area contributed by atoms with E-state index < -0.39 is 4.92 Å². The Hall–Kier alpha value is -2.80. The Labute approximate surface area is 129 Å². The van der Waals surface area contributed by atoms with Gasteiger partial charge >= 0.3 is 5.69 Å². The molecule has 110 valence electrons. The molecule has 0 aliphatic heterocycles. The minimum Gasteiger partial charge on any atom is -0.385 e. The molecule has 0 saturated heterocycles. The molecule has 0 spiro atoms. The lowest BCUT2D eigenvalue weighted by Gasteiger charge is -2.04. The monoisotopic (exact) mass is 315 g/mol. The topological polar surface area (TPSA) is 82.0 Å². The fourth-order valence-corrected chi connectivity index (χ4v) is 3.28. The first-order valence-corrected chi connectivity index (χ1v) is 7.12. The maximum atomic E-state index is 13.1. The van der Waals surface area contributed by atoms with Crippen molar-refractivity contribution in [2.75, 3.05) is 5.73 Å². The van der Waals surface area contributed by atoms with Crippen molar-refractivity contribution >= 4 is 22.0 Å². The summed E-state index contributed by atoms with van der Waals surface area (Å²) in [5.41, 5.74) is 7.46. The van der Waals surface area contributed by atoms with Crippen LogP contribution in [-0.4, -0.2) is 9.91 Å². The van der Waals surface area contributed by atoms with Crippen LogP contribution in [0, 0.1) is 15.9 Å². The lowest BCUT2D eigenvalue weighted by Crippen LogP contribution is -1.93. The number of hydrogen-bond acceptors (Lipinski definition) is 5. The zero-order valence-electron chi connectivity index (χ0n) is 11.2. The van der Waals surface area contributed by atoms with Gasteiger partial charge in [0.2, 0.25) is 0 Å². The summed E-state index contributed by atoms with van der Waals surface area (Å²) in [5.74, 6) is -0.367. The molecule has 0 amide bonds. The summed E-state index contributed by atoms with van der Waals surface area (Å²) in [6.45, 7) is 0. The van der Waals surface area contributed by atoms with E-state index in [2.05, 4.69) is 4.98 Å². The number of rotatable bonds is 3. The third kappa shape index (κ3) is 2.42. The highest BCUT2D eigenvalue weighted by Crippen LogP contribution is 2.48. The second-order valence-electron chi connectivity index (χ2n) is 4.52. The summed E-state index contributed by atoms with van der Waals surface area (Å²) < 4.78 is 13.1. The fourth-order valence-electron chi connectivity index (χ4n) is 2.21. The average molecular weight is 315 g/mol. The Morgan fingerprint density at radius 2 is 1.73 bits per heavy atom. The summed E-state index contributed by atoms with van der Waals surface area (Å²) in [7, 11) is 0. The van der Waals surface area contributed by atoms with Crippen LogP contribution in [0.2, 0.25) is 0 Å². The molecular formula is C15H10FN3O2S. The molecule has 0 radical (unpaired) electrons. The first kappa shape index (κ1) is 14.2. The predicted molar refractivity (Wildman–Crippen MR) is 84.0 cm³/mol. The Kier molecular flexibility index (Phi) is 3.56. The Balaban J connectivity index is 2.29. The number of pyridine rings is 1. The zero-order chi connectivity index (χ0) is 15.7. The summed E-state index contributed by atoms with van der Waals surface area (Å²) >= 11 is 1.12. The van der Waals surface area contributed by atoms with Gasteiger partial charge in [-0.25, -0.2) is 4.39 Å². The molecule has 3 aromatic rings. The number of nitrogen functional groups attached to an aromatic ring is 1. The van der Waals surface area contributed by atoms with Crippen molar-refractivity contribution in [2.45, 2.75) is 0 Å². The molecule has 0 aliphatic carbocycles. The summed E-state index contributed by atoms with van der Waals surface area (Å²) in [6, 6.07) is 9.15. The second kappa shape index (κ2) is 5.53. The van der Waals surface area contributed by atoms with Crippen molar-refractivity contribution in [1.82, 2.24) is 4.98 Å². The van der Waals surface area contributed by atoms with Crippen LogP contribution in [0.4, 0.5) is 15.1 Å². The van der Waals surface area contributed by atoms with E-state index in [1.165, 1.54) is 12.1 Å². The number of thiophene rings is 1. The first-order chi connectivity index (χ1) is 10.6. The minimum atomic E-state index is -0.491. The van der Waals surface area contributed by atoms with Gasteiger partial charge in [0.25, 0.3) is 0 Å². The molecule has 0 atom stereocenters. The zero-order valence-corrected chi connectivity index (χ0v) is 12.0. The van der Waals surface area contributed by atoms with Crippen molar-refractivity contribution in [3.05, 3.63) is 64.7 Å². The number of benzene rings is 1. The van der Waals surface area contributed by atoms with E-state index in [0.29, 0.717) is 21.6 Å². The van der Waals surface area contributed by atoms with Gasteiger partial charge in [0, 0.05) is 12.4 Å². The highest BCUT2D eigenvalue weighted by atomic mass is 32.1. The van der Waals surface area contributed by atoms with E-state index in [4.69, 9.17) is 5.73 Å². The van der Waals surface area contributed by atoms with Crippen molar-refractivity contribution in [3.63, 3.8) is 0 Å². The molecule has 0 bridgehead atoms. The van der Waals surface area contributed by atoms with E-state index >= 15 is 0 Å². The molecule has 0 fully saturated rings. The summed E-state index contributed by atoms with van der Waals surface area (Å²) in [6.07, 6.45) is 3.11. The van der Waals surface area contributed by atoms with E-state index in [1.54, 1.807) is 36.7 Å². The van der Waals surface area contributed by atoms with Crippen LogP contribution in [-0.2, 0) is 0 Å². The van der Waals surface area contributed by atoms with Crippen molar-refractivity contribution in [1.29, 1.82) is 0 Å². The molecule has 3 rings (SSSR count). The van der Waals surface area contributed by atoms with Crippen LogP contribution < -0.4 is 5.73 Å². The van der Waals surface area contributed by atoms with Gasteiger partial charge < -0.3 is 5.73 Å². The molecular weight excluding hydrogens is 305 g/mol. The second-order valence-corrected chi connectivity index (χ2v) is 5.57. The molecule has 7 heteroatoms. The largest absolute Gasteiger partial charge is 0.385 e. The number of halogens is 1. The quantitative estimate of drug-likeness (QED) is 0.582. The van der Waals surface area contributed by atoms with Crippen LogP contribution in [0.1, 0.15) is 0 Å². The van der Waals surface area contributed by atoms with E-state index in [9.17, 15) is 14.5 Å². The summed E-state index contributed by atoms with van der Waals surface area (Å²) in [5, 5.41) is 11.5. The van der Waals surface area contributed by atoms with Crippen LogP contribution in [0.3, 0.4) is 0 Å². The SMILES string of the molecule is Nc1sc(-c2ccc(F)cc2)c(-c2ccncc2)c1[N+](=O)[O-]. The molecule has 2 aromatic heterocycles. The van der Waals surface area contributed by atoms with Gasteiger partial charge in [0.05, 0.1) is 15.4 Å². The smallest absolute Gasteiger partial charge is 0.311 e. The number of nitrogens with zero attached hydrogens (tertiary/aromatic N) is 2. The van der Waals surface area contributed by atoms with Gasteiger partial charge in [0.15, 0.2) is 5.00 Å². The average Bonchev–Trinajstić information content (AvgIpc) is 2.86. The van der Waals surface area contributed by atoms with Crippen LogP contribution in [0.25, 0.3) is 21.6 Å². The third-order valence-corrected chi connectivity index (χ3v) is 4.22. The maximum Gasteiger partial charge on any atom is 0.311 e. The number of hydrogen-bond donors (Lipinski definition) is 1. The van der Waals surface area contributed by atoms with Gasteiger partial charge in [-0.15, -0.1) is 11.3 Å². The Morgan fingerprint density at radius 1 is 1.09 bits per heavy atom. The lowest BCUT2D eigenvalue weighted by atomic mass is 10.0. The molecule has 1 aromatic carbocycles. The van der Waals surface area contributed by atoms with E-state index in [-0.39, 0.29) is 16.5 Å².